The van der Waals surface area contributed by atoms with Crippen molar-refractivity contribution >= 4 is 16.9 Å². The summed E-state index contributed by atoms with van der Waals surface area (Å²) in [5.41, 5.74) is 3.14. The number of rotatable bonds is 6. The molecular weight excluding hydrogens is 459 g/mol. The van der Waals surface area contributed by atoms with Crippen LogP contribution in [0.3, 0.4) is 0 Å². The molecule has 3 aromatic carbocycles. The maximum absolute atomic E-state index is 14.6. The molecule has 2 heterocycles. The zero-order valence-corrected chi connectivity index (χ0v) is 20.0. The van der Waals surface area contributed by atoms with Gasteiger partial charge in [0, 0.05) is 48.8 Å². The number of ether oxygens (including phenoxy) is 1. The fourth-order valence-electron chi connectivity index (χ4n) is 4.62. The first-order valence-corrected chi connectivity index (χ1v) is 12.0. The quantitative estimate of drug-likeness (QED) is 0.406. The molecule has 0 saturated carbocycles. The minimum atomic E-state index is -0.474. The molecule has 1 atom stereocenters. The molecule has 0 aliphatic carbocycles. The number of hydrogen-bond donors (Lipinski definition) is 1. The summed E-state index contributed by atoms with van der Waals surface area (Å²) in [6, 6.07) is 21.4. The van der Waals surface area contributed by atoms with Gasteiger partial charge in [0.25, 0.3) is 0 Å². The van der Waals surface area contributed by atoms with Crippen molar-refractivity contribution in [3.63, 3.8) is 0 Å². The SMILES string of the molecule is Cc1ccc2c(CC(=O)NCCN3Cc4ccccc4OC(c4ccccc4F)C3)cc(=O)oc2c1. The molecule has 7 heteroatoms. The molecular formula is C29H27FN2O4. The van der Waals surface area contributed by atoms with Crippen LogP contribution in [0.1, 0.15) is 28.4 Å². The average Bonchev–Trinajstić information content (AvgIpc) is 3.03. The van der Waals surface area contributed by atoms with Crippen LogP contribution in [0.15, 0.2) is 82.0 Å². The predicted molar refractivity (Wildman–Crippen MR) is 135 cm³/mol. The van der Waals surface area contributed by atoms with Crippen LogP contribution in [0.2, 0.25) is 0 Å². The molecule has 1 aliphatic heterocycles. The summed E-state index contributed by atoms with van der Waals surface area (Å²) >= 11 is 0. The first-order valence-electron chi connectivity index (χ1n) is 12.0. The Morgan fingerprint density at radius 1 is 1.08 bits per heavy atom. The van der Waals surface area contributed by atoms with E-state index in [1.54, 1.807) is 24.3 Å². The second-order valence-electron chi connectivity index (χ2n) is 9.09. The summed E-state index contributed by atoms with van der Waals surface area (Å²) in [5, 5.41) is 3.71. The predicted octanol–water partition coefficient (Wildman–Crippen LogP) is 4.54. The van der Waals surface area contributed by atoms with E-state index in [1.807, 2.05) is 43.3 Å². The van der Waals surface area contributed by atoms with Crippen LogP contribution >= 0.6 is 0 Å². The molecule has 6 nitrogen and oxygen atoms in total. The van der Waals surface area contributed by atoms with Gasteiger partial charge in [0.05, 0.1) is 6.42 Å². The molecule has 1 aromatic heterocycles. The molecule has 0 bridgehead atoms. The minimum absolute atomic E-state index is 0.0783. The maximum Gasteiger partial charge on any atom is 0.336 e. The van der Waals surface area contributed by atoms with Gasteiger partial charge < -0.3 is 14.5 Å². The van der Waals surface area contributed by atoms with E-state index >= 15 is 0 Å². The number of amides is 1. The summed E-state index contributed by atoms with van der Waals surface area (Å²) in [6.45, 7) is 3.99. The third-order valence-electron chi connectivity index (χ3n) is 6.40. The van der Waals surface area contributed by atoms with Gasteiger partial charge in [0.1, 0.15) is 23.3 Å². The van der Waals surface area contributed by atoms with Gasteiger partial charge >= 0.3 is 5.63 Å². The van der Waals surface area contributed by atoms with E-state index in [1.165, 1.54) is 12.1 Å². The number of fused-ring (bicyclic) bond motifs is 2. The van der Waals surface area contributed by atoms with Crippen molar-refractivity contribution < 1.29 is 18.3 Å². The fourth-order valence-corrected chi connectivity index (χ4v) is 4.62. The van der Waals surface area contributed by atoms with E-state index < -0.39 is 11.7 Å². The first kappa shape index (κ1) is 23.8. The molecule has 0 fully saturated rings. The van der Waals surface area contributed by atoms with Gasteiger partial charge in [0.15, 0.2) is 0 Å². The lowest BCUT2D eigenvalue weighted by atomic mass is 10.1. The Bertz CT molecular complexity index is 1470. The van der Waals surface area contributed by atoms with Crippen molar-refractivity contribution in [1.29, 1.82) is 0 Å². The van der Waals surface area contributed by atoms with Gasteiger partial charge in [-0.05, 0) is 36.2 Å². The van der Waals surface area contributed by atoms with Gasteiger partial charge in [-0.1, -0.05) is 48.5 Å². The van der Waals surface area contributed by atoms with Gasteiger partial charge in [-0.25, -0.2) is 9.18 Å². The van der Waals surface area contributed by atoms with Crippen LogP contribution in [-0.2, 0) is 17.8 Å². The molecule has 1 unspecified atom stereocenters. The van der Waals surface area contributed by atoms with Crippen LogP contribution in [-0.4, -0.2) is 30.4 Å². The number of para-hydroxylation sites is 1. The zero-order chi connectivity index (χ0) is 25.1. The van der Waals surface area contributed by atoms with Gasteiger partial charge in [-0.2, -0.15) is 0 Å². The van der Waals surface area contributed by atoms with E-state index in [2.05, 4.69) is 10.2 Å². The summed E-state index contributed by atoms with van der Waals surface area (Å²) < 4.78 is 26.1. The van der Waals surface area contributed by atoms with Gasteiger partial charge in [-0.15, -0.1) is 0 Å². The average molecular weight is 487 g/mol. The Balaban J connectivity index is 1.26. The highest BCUT2D eigenvalue weighted by molar-refractivity contribution is 5.87. The second-order valence-corrected chi connectivity index (χ2v) is 9.09. The third-order valence-corrected chi connectivity index (χ3v) is 6.40. The number of halogens is 1. The standard InChI is InChI=1S/C29H27FN2O4/c1-19-10-11-22-21(16-29(34)36-26(22)14-19)15-28(33)31-12-13-32-17-20-6-2-5-9-25(20)35-27(18-32)23-7-3-4-8-24(23)30/h2-11,14,16,27H,12-13,15,17-18H2,1H3,(H,31,33). The van der Waals surface area contributed by atoms with Crippen molar-refractivity contribution in [2.45, 2.75) is 26.0 Å². The molecule has 5 rings (SSSR count). The molecule has 0 saturated heterocycles. The maximum atomic E-state index is 14.6. The first-order chi connectivity index (χ1) is 17.5. The number of benzene rings is 3. The summed E-state index contributed by atoms with van der Waals surface area (Å²) in [5.74, 6) is 0.256. The van der Waals surface area contributed by atoms with Gasteiger partial charge in [-0.3, -0.25) is 9.69 Å². The number of aryl methyl sites for hydroxylation is 1. The van der Waals surface area contributed by atoms with Crippen LogP contribution in [0.4, 0.5) is 4.39 Å². The molecule has 1 N–H and O–H groups in total. The van der Waals surface area contributed by atoms with E-state index in [0.29, 0.717) is 42.9 Å². The molecule has 184 valence electrons. The second kappa shape index (κ2) is 10.3. The molecule has 36 heavy (non-hydrogen) atoms. The monoisotopic (exact) mass is 486 g/mol. The molecule has 4 aromatic rings. The number of carbonyl (C=O) groups is 1. The Hall–Kier alpha value is -3.97. The Morgan fingerprint density at radius 2 is 1.89 bits per heavy atom. The third kappa shape index (κ3) is 5.31. The van der Waals surface area contributed by atoms with Crippen molar-refractivity contribution in [2.75, 3.05) is 19.6 Å². The smallest absolute Gasteiger partial charge is 0.336 e. The van der Waals surface area contributed by atoms with Crippen LogP contribution in [0, 0.1) is 12.7 Å². The van der Waals surface area contributed by atoms with Gasteiger partial charge in [0.2, 0.25) is 5.91 Å². The van der Waals surface area contributed by atoms with Crippen molar-refractivity contribution in [3.8, 4) is 5.75 Å². The van der Waals surface area contributed by atoms with E-state index in [4.69, 9.17) is 9.15 Å². The van der Waals surface area contributed by atoms with E-state index in [9.17, 15) is 14.0 Å². The molecule has 0 radical (unpaired) electrons. The highest BCUT2D eigenvalue weighted by Gasteiger charge is 2.26. The lowest BCUT2D eigenvalue weighted by Crippen LogP contribution is -2.37. The molecule has 1 aliphatic rings. The molecule has 0 spiro atoms. The Labute approximate surface area is 208 Å². The van der Waals surface area contributed by atoms with Crippen LogP contribution in [0.5, 0.6) is 5.75 Å². The van der Waals surface area contributed by atoms with Crippen molar-refractivity contribution in [2.24, 2.45) is 0 Å². The van der Waals surface area contributed by atoms with Crippen molar-refractivity contribution in [1.82, 2.24) is 10.2 Å². The zero-order valence-electron chi connectivity index (χ0n) is 20.0. The highest BCUT2D eigenvalue weighted by Crippen LogP contribution is 2.31. The van der Waals surface area contributed by atoms with Crippen LogP contribution in [0.25, 0.3) is 11.0 Å². The fraction of sp³-hybridized carbons (Fsp3) is 0.241. The lowest BCUT2D eigenvalue weighted by molar-refractivity contribution is -0.120. The number of hydrogen-bond acceptors (Lipinski definition) is 5. The summed E-state index contributed by atoms with van der Waals surface area (Å²) in [4.78, 5) is 26.9. The summed E-state index contributed by atoms with van der Waals surface area (Å²) in [7, 11) is 0. The Morgan fingerprint density at radius 3 is 2.75 bits per heavy atom. The normalized spacial score (nSPS) is 15.7. The number of carbonyl (C=O) groups excluding carboxylic acids is 1. The highest BCUT2D eigenvalue weighted by atomic mass is 19.1. The molecule has 1 amide bonds. The topological polar surface area (TPSA) is 71.8 Å². The van der Waals surface area contributed by atoms with Crippen LogP contribution < -0.4 is 15.7 Å². The van der Waals surface area contributed by atoms with E-state index in [-0.39, 0.29) is 18.1 Å². The largest absolute Gasteiger partial charge is 0.484 e. The summed E-state index contributed by atoms with van der Waals surface area (Å²) in [6.07, 6.45) is -0.390. The van der Waals surface area contributed by atoms with Crippen molar-refractivity contribution in [3.05, 3.63) is 111 Å². The number of nitrogens with one attached hydrogen (secondary N) is 1. The minimum Gasteiger partial charge on any atom is -0.484 e. The Kier molecular flexibility index (Phi) is 6.82. The number of nitrogens with zero attached hydrogens (tertiary/aromatic N) is 1. The lowest BCUT2D eigenvalue weighted by Gasteiger charge is -2.24. The van der Waals surface area contributed by atoms with E-state index in [0.717, 1.165) is 22.3 Å².